The van der Waals surface area contributed by atoms with Crippen LogP contribution >= 0.6 is 45.9 Å². The number of anilines is 1. The summed E-state index contributed by atoms with van der Waals surface area (Å²) in [5, 5.41) is 11.8. The summed E-state index contributed by atoms with van der Waals surface area (Å²) in [6.07, 6.45) is 3.93. The molecule has 4 heterocycles. The third-order valence-electron chi connectivity index (χ3n) is 5.66. The number of hydrazine groups is 1. The molecule has 1 N–H and O–H groups in total. The van der Waals surface area contributed by atoms with Crippen LogP contribution < -0.4 is 10.4 Å². The van der Waals surface area contributed by atoms with Gasteiger partial charge in [-0.25, -0.2) is 5.01 Å². The van der Waals surface area contributed by atoms with Crippen molar-refractivity contribution in [2.75, 3.05) is 18.1 Å². The standard InChI is InChI=1S/C23H22Cl2N4OS2/c24-15-6-7-18(16(25)13-15)29-19(20-8-9-22(32-20)21-5-4-12-31-21)14-17(26-29)23(30)27-28-10-2-1-3-11-28/h4-9,12-13,19H,1-3,10-11,14H2,(H,27,30). The summed E-state index contributed by atoms with van der Waals surface area (Å²) in [5.74, 6) is -0.139. The number of nitrogens with zero attached hydrogens (tertiary/aromatic N) is 3. The van der Waals surface area contributed by atoms with Crippen LogP contribution in [-0.2, 0) is 4.79 Å². The molecule has 1 atom stereocenters. The molecule has 1 amide bonds. The van der Waals surface area contributed by atoms with Gasteiger partial charge in [-0.2, -0.15) is 5.10 Å². The molecule has 166 valence electrons. The molecule has 5 rings (SSSR count). The van der Waals surface area contributed by atoms with Crippen LogP contribution in [0, 0.1) is 0 Å². The molecule has 2 aromatic heterocycles. The van der Waals surface area contributed by atoms with Gasteiger partial charge in [0.1, 0.15) is 5.71 Å². The molecule has 32 heavy (non-hydrogen) atoms. The van der Waals surface area contributed by atoms with Gasteiger partial charge in [0.25, 0.3) is 5.91 Å². The van der Waals surface area contributed by atoms with E-state index in [0.717, 1.165) is 36.5 Å². The lowest BCUT2D eigenvalue weighted by Crippen LogP contribution is -2.47. The average Bonchev–Trinajstić information content (AvgIpc) is 3.54. The van der Waals surface area contributed by atoms with E-state index in [1.54, 1.807) is 34.8 Å². The largest absolute Gasteiger partial charge is 0.284 e. The Labute approximate surface area is 205 Å². The second-order valence-corrected chi connectivity index (χ2v) is 10.8. The van der Waals surface area contributed by atoms with E-state index in [-0.39, 0.29) is 11.9 Å². The Balaban J connectivity index is 1.44. The highest BCUT2D eigenvalue weighted by Gasteiger charge is 2.35. The van der Waals surface area contributed by atoms with Crippen molar-refractivity contribution in [1.29, 1.82) is 0 Å². The molecule has 2 aliphatic heterocycles. The Morgan fingerprint density at radius 2 is 1.91 bits per heavy atom. The van der Waals surface area contributed by atoms with Gasteiger partial charge in [0, 0.05) is 39.2 Å². The minimum Gasteiger partial charge on any atom is -0.284 e. The number of carbonyl (C=O) groups is 1. The van der Waals surface area contributed by atoms with E-state index in [4.69, 9.17) is 28.3 Å². The van der Waals surface area contributed by atoms with Gasteiger partial charge < -0.3 is 0 Å². The first kappa shape index (κ1) is 21.9. The van der Waals surface area contributed by atoms with E-state index in [1.165, 1.54) is 16.2 Å². The summed E-state index contributed by atoms with van der Waals surface area (Å²) >= 11 is 16.1. The smallest absolute Gasteiger partial charge is 0.281 e. The fourth-order valence-corrected chi connectivity index (χ4v) is 6.48. The van der Waals surface area contributed by atoms with Crippen molar-refractivity contribution >= 4 is 63.2 Å². The SMILES string of the molecule is O=C(NN1CCCCC1)C1=NN(c2ccc(Cl)cc2Cl)C(c2ccc(-c3cccs3)s2)C1. The molecule has 2 aliphatic rings. The van der Waals surface area contributed by atoms with Crippen molar-refractivity contribution in [2.45, 2.75) is 31.7 Å². The first-order chi connectivity index (χ1) is 15.6. The quantitative estimate of drug-likeness (QED) is 0.425. The number of hydrogen-bond donors (Lipinski definition) is 1. The molecule has 1 fully saturated rings. The lowest BCUT2D eigenvalue weighted by molar-refractivity contribution is -0.119. The minimum atomic E-state index is -0.139. The lowest BCUT2D eigenvalue weighted by Gasteiger charge is -2.26. The summed E-state index contributed by atoms with van der Waals surface area (Å²) in [4.78, 5) is 16.6. The lowest BCUT2D eigenvalue weighted by atomic mass is 10.1. The molecule has 0 saturated carbocycles. The van der Waals surface area contributed by atoms with Gasteiger partial charge in [-0.3, -0.25) is 15.2 Å². The first-order valence-corrected chi connectivity index (χ1v) is 13.0. The number of hydrogen-bond acceptors (Lipinski definition) is 6. The summed E-state index contributed by atoms with van der Waals surface area (Å²) in [6, 6.07) is 13.7. The number of halogens is 2. The number of piperidine rings is 1. The molecule has 0 spiro atoms. The summed E-state index contributed by atoms with van der Waals surface area (Å²) in [5.41, 5.74) is 4.30. The highest BCUT2D eigenvalue weighted by atomic mass is 35.5. The van der Waals surface area contributed by atoms with Crippen molar-refractivity contribution in [3.63, 3.8) is 0 Å². The molecule has 3 aromatic rings. The zero-order valence-electron chi connectivity index (χ0n) is 17.3. The van der Waals surface area contributed by atoms with Crippen molar-refractivity contribution in [3.05, 3.63) is 62.8 Å². The highest BCUT2D eigenvalue weighted by Crippen LogP contribution is 2.43. The van der Waals surface area contributed by atoms with E-state index in [9.17, 15) is 4.79 Å². The maximum Gasteiger partial charge on any atom is 0.281 e. The molecule has 1 unspecified atom stereocenters. The summed E-state index contributed by atoms with van der Waals surface area (Å²) < 4.78 is 0. The summed E-state index contributed by atoms with van der Waals surface area (Å²) in [7, 11) is 0. The molecule has 0 radical (unpaired) electrons. The van der Waals surface area contributed by atoms with Gasteiger partial charge in [-0.05, 0) is 54.6 Å². The van der Waals surface area contributed by atoms with Crippen LogP contribution in [0.2, 0.25) is 10.0 Å². The highest BCUT2D eigenvalue weighted by molar-refractivity contribution is 7.21. The Bertz CT molecular complexity index is 1140. The molecule has 9 heteroatoms. The van der Waals surface area contributed by atoms with Crippen LogP contribution in [0.3, 0.4) is 0 Å². The number of nitrogens with one attached hydrogen (secondary N) is 1. The van der Waals surface area contributed by atoms with Crippen LogP contribution in [0.15, 0.2) is 52.9 Å². The Hall–Kier alpha value is -1.90. The van der Waals surface area contributed by atoms with Crippen molar-refractivity contribution in [2.24, 2.45) is 5.10 Å². The Morgan fingerprint density at radius 1 is 1.06 bits per heavy atom. The zero-order chi connectivity index (χ0) is 22.1. The van der Waals surface area contributed by atoms with E-state index < -0.39 is 0 Å². The van der Waals surface area contributed by atoms with Gasteiger partial charge in [-0.1, -0.05) is 35.7 Å². The van der Waals surface area contributed by atoms with E-state index in [1.807, 2.05) is 16.1 Å². The van der Waals surface area contributed by atoms with Crippen LogP contribution in [0.1, 0.15) is 36.6 Å². The molecule has 0 aliphatic carbocycles. The number of carbonyl (C=O) groups excluding carboxylic acids is 1. The van der Waals surface area contributed by atoms with Crippen molar-refractivity contribution < 1.29 is 4.79 Å². The fourth-order valence-electron chi connectivity index (χ4n) is 4.06. The van der Waals surface area contributed by atoms with Crippen LogP contribution in [0.5, 0.6) is 0 Å². The van der Waals surface area contributed by atoms with Gasteiger partial charge in [0.15, 0.2) is 0 Å². The van der Waals surface area contributed by atoms with Crippen LogP contribution in [0.25, 0.3) is 9.75 Å². The molecular formula is C23H22Cl2N4OS2. The van der Waals surface area contributed by atoms with Gasteiger partial charge in [-0.15, -0.1) is 22.7 Å². The number of thiophene rings is 2. The maximum atomic E-state index is 13.0. The van der Waals surface area contributed by atoms with Gasteiger partial charge in [0.2, 0.25) is 0 Å². The van der Waals surface area contributed by atoms with E-state index >= 15 is 0 Å². The van der Waals surface area contributed by atoms with E-state index in [2.05, 4.69) is 35.1 Å². The van der Waals surface area contributed by atoms with Crippen LogP contribution in [-0.4, -0.2) is 29.7 Å². The van der Waals surface area contributed by atoms with Crippen molar-refractivity contribution in [1.82, 2.24) is 10.4 Å². The third kappa shape index (κ3) is 4.58. The first-order valence-electron chi connectivity index (χ1n) is 10.6. The minimum absolute atomic E-state index is 0.102. The predicted molar refractivity (Wildman–Crippen MR) is 135 cm³/mol. The van der Waals surface area contributed by atoms with Gasteiger partial charge in [0.05, 0.1) is 16.8 Å². The predicted octanol–water partition coefficient (Wildman–Crippen LogP) is 6.61. The number of rotatable bonds is 5. The number of benzene rings is 1. The molecule has 1 aromatic carbocycles. The van der Waals surface area contributed by atoms with Crippen LogP contribution in [0.4, 0.5) is 5.69 Å². The number of hydrazone groups is 1. The normalized spacial score (nSPS) is 19.2. The monoisotopic (exact) mass is 504 g/mol. The molecular weight excluding hydrogens is 483 g/mol. The second kappa shape index (κ2) is 9.53. The summed E-state index contributed by atoms with van der Waals surface area (Å²) in [6.45, 7) is 1.76. The van der Waals surface area contributed by atoms with E-state index in [0.29, 0.717) is 22.2 Å². The average molecular weight is 505 g/mol. The van der Waals surface area contributed by atoms with Gasteiger partial charge >= 0.3 is 0 Å². The topological polar surface area (TPSA) is 47.9 Å². The molecule has 0 bridgehead atoms. The third-order valence-corrected chi connectivity index (χ3v) is 8.45. The molecule has 5 nitrogen and oxygen atoms in total. The maximum absolute atomic E-state index is 13.0. The fraction of sp³-hybridized carbons (Fsp3) is 0.304. The Kier molecular flexibility index (Phi) is 6.53. The number of amides is 1. The second-order valence-electron chi connectivity index (χ2n) is 7.87. The van der Waals surface area contributed by atoms with Crippen molar-refractivity contribution in [3.8, 4) is 9.75 Å². The zero-order valence-corrected chi connectivity index (χ0v) is 20.4. The molecule has 1 saturated heterocycles. The Morgan fingerprint density at radius 3 is 2.66 bits per heavy atom.